The summed E-state index contributed by atoms with van der Waals surface area (Å²) in [5, 5.41) is 4.94. The molecule has 5 heteroatoms. The zero-order valence-electron chi connectivity index (χ0n) is 14.2. The lowest BCUT2D eigenvalue weighted by Crippen LogP contribution is -2.17. The number of amides is 1. The van der Waals surface area contributed by atoms with Crippen LogP contribution in [0.2, 0.25) is 0 Å². The normalized spacial score (nSPS) is 11.0. The molecule has 1 N–H and O–H groups in total. The Labute approximate surface area is 154 Å². The van der Waals surface area contributed by atoms with E-state index in [1.807, 2.05) is 59.3 Å². The van der Waals surface area contributed by atoms with Gasteiger partial charge in [0, 0.05) is 12.2 Å². The maximum Gasteiger partial charge on any atom is 0.272 e. The molecule has 0 radical (unpaired) electrons. The molecule has 0 fully saturated rings. The summed E-state index contributed by atoms with van der Waals surface area (Å²) < 4.78 is 16.5. The molecule has 0 bridgehead atoms. The number of nitrogens with one attached hydrogen (secondary N) is 1. The maximum atomic E-state index is 13.5. The van der Waals surface area contributed by atoms with Gasteiger partial charge in [-0.2, -0.15) is 0 Å². The van der Waals surface area contributed by atoms with E-state index in [9.17, 15) is 9.18 Å². The minimum absolute atomic E-state index is 0.173. The van der Waals surface area contributed by atoms with E-state index in [0.717, 1.165) is 27.0 Å². The third kappa shape index (κ3) is 3.26. The SMILES string of the molecule is Cc1ccc(NC(=O)c2cc3sccc3n2Cc2cccc(F)c2)cc1. The smallest absolute Gasteiger partial charge is 0.272 e. The van der Waals surface area contributed by atoms with E-state index in [4.69, 9.17) is 0 Å². The van der Waals surface area contributed by atoms with Crippen molar-refractivity contribution in [1.29, 1.82) is 0 Å². The number of hydrogen-bond donors (Lipinski definition) is 1. The Hall–Kier alpha value is -2.92. The van der Waals surface area contributed by atoms with Crippen molar-refractivity contribution in [3.8, 4) is 0 Å². The lowest BCUT2D eigenvalue weighted by atomic mass is 10.2. The highest BCUT2D eigenvalue weighted by molar-refractivity contribution is 7.17. The summed E-state index contributed by atoms with van der Waals surface area (Å²) in [6.07, 6.45) is 0. The summed E-state index contributed by atoms with van der Waals surface area (Å²) in [5.74, 6) is -0.449. The van der Waals surface area contributed by atoms with Crippen molar-refractivity contribution < 1.29 is 9.18 Å². The van der Waals surface area contributed by atoms with Crippen LogP contribution in [0, 0.1) is 12.7 Å². The second kappa shape index (κ2) is 6.77. The first-order valence-corrected chi connectivity index (χ1v) is 9.17. The maximum absolute atomic E-state index is 13.5. The van der Waals surface area contributed by atoms with Gasteiger partial charge in [-0.1, -0.05) is 29.8 Å². The standard InChI is InChI=1S/C21H17FN2OS/c1-14-5-7-17(8-6-14)23-21(25)19-12-20-18(9-10-26-20)24(19)13-15-3-2-4-16(22)11-15/h2-12H,13H2,1H3,(H,23,25). The fraction of sp³-hybridized carbons (Fsp3) is 0.0952. The van der Waals surface area contributed by atoms with E-state index >= 15 is 0 Å². The fourth-order valence-electron chi connectivity index (χ4n) is 2.99. The van der Waals surface area contributed by atoms with E-state index in [0.29, 0.717) is 12.2 Å². The van der Waals surface area contributed by atoms with Crippen LogP contribution >= 0.6 is 11.3 Å². The Bertz CT molecular complexity index is 1080. The first kappa shape index (κ1) is 16.5. The zero-order valence-corrected chi connectivity index (χ0v) is 15.0. The number of hydrogen-bond acceptors (Lipinski definition) is 2. The van der Waals surface area contributed by atoms with Gasteiger partial charge in [0.25, 0.3) is 5.91 Å². The van der Waals surface area contributed by atoms with E-state index in [-0.39, 0.29) is 11.7 Å². The van der Waals surface area contributed by atoms with E-state index < -0.39 is 0 Å². The molecule has 2 heterocycles. The molecule has 0 atom stereocenters. The summed E-state index contributed by atoms with van der Waals surface area (Å²) in [6, 6.07) is 18.0. The highest BCUT2D eigenvalue weighted by Gasteiger charge is 2.17. The highest BCUT2D eigenvalue weighted by atomic mass is 32.1. The van der Waals surface area contributed by atoms with Gasteiger partial charge in [-0.3, -0.25) is 4.79 Å². The molecule has 0 saturated carbocycles. The van der Waals surface area contributed by atoms with Crippen LogP contribution < -0.4 is 5.32 Å². The van der Waals surface area contributed by atoms with Crippen molar-refractivity contribution >= 4 is 33.1 Å². The number of nitrogens with zero attached hydrogens (tertiary/aromatic N) is 1. The summed E-state index contributed by atoms with van der Waals surface area (Å²) in [4.78, 5) is 12.8. The summed E-state index contributed by atoms with van der Waals surface area (Å²) in [5.41, 5.74) is 4.25. The van der Waals surface area contributed by atoms with Gasteiger partial charge in [0.1, 0.15) is 11.5 Å². The first-order valence-electron chi connectivity index (χ1n) is 8.29. The number of halogens is 1. The van der Waals surface area contributed by atoms with Crippen LogP contribution in [-0.4, -0.2) is 10.5 Å². The average molecular weight is 364 g/mol. The van der Waals surface area contributed by atoms with Gasteiger partial charge in [0.15, 0.2) is 0 Å². The summed E-state index contributed by atoms with van der Waals surface area (Å²) >= 11 is 1.59. The topological polar surface area (TPSA) is 34.0 Å². The second-order valence-electron chi connectivity index (χ2n) is 6.24. The predicted octanol–water partition coefficient (Wildman–Crippen LogP) is 5.45. The van der Waals surface area contributed by atoms with Crippen molar-refractivity contribution in [3.63, 3.8) is 0 Å². The number of anilines is 1. The van der Waals surface area contributed by atoms with E-state index in [1.165, 1.54) is 12.1 Å². The number of rotatable bonds is 4. The molecule has 0 aliphatic rings. The molecule has 130 valence electrons. The molecule has 0 aliphatic carbocycles. The number of fused-ring (bicyclic) bond motifs is 1. The lowest BCUT2D eigenvalue weighted by Gasteiger charge is -2.11. The molecule has 0 saturated heterocycles. The van der Waals surface area contributed by atoms with Crippen molar-refractivity contribution in [2.24, 2.45) is 0 Å². The number of carbonyl (C=O) groups is 1. The van der Waals surface area contributed by atoms with Crippen LogP contribution in [0.1, 0.15) is 21.6 Å². The molecule has 26 heavy (non-hydrogen) atoms. The molecular weight excluding hydrogens is 347 g/mol. The largest absolute Gasteiger partial charge is 0.331 e. The molecule has 4 aromatic rings. The van der Waals surface area contributed by atoms with Gasteiger partial charge >= 0.3 is 0 Å². The molecule has 0 unspecified atom stereocenters. The fourth-order valence-corrected chi connectivity index (χ4v) is 3.81. The second-order valence-corrected chi connectivity index (χ2v) is 7.18. The van der Waals surface area contributed by atoms with Crippen molar-refractivity contribution in [3.05, 3.63) is 88.7 Å². The molecule has 0 aliphatic heterocycles. The number of benzene rings is 2. The van der Waals surface area contributed by atoms with Crippen molar-refractivity contribution in [2.75, 3.05) is 5.32 Å². The van der Waals surface area contributed by atoms with Gasteiger partial charge in [0.05, 0.1) is 10.2 Å². The van der Waals surface area contributed by atoms with Gasteiger partial charge in [-0.15, -0.1) is 11.3 Å². The van der Waals surface area contributed by atoms with Crippen LogP contribution in [0.3, 0.4) is 0 Å². The molecule has 1 amide bonds. The Morgan fingerprint density at radius 2 is 1.92 bits per heavy atom. The van der Waals surface area contributed by atoms with Crippen LogP contribution in [0.15, 0.2) is 66.0 Å². The quantitative estimate of drug-likeness (QED) is 0.513. The highest BCUT2D eigenvalue weighted by Crippen LogP contribution is 2.27. The molecule has 3 nitrogen and oxygen atoms in total. The Morgan fingerprint density at radius 1 is 1.12 bits per heavy atom. The third-order valence-electron chi connectivity index (χ3n) is 4.29. The minimum atomic E-state index is -0.276. The lowest BCUT2D eigenvalue weighted by molar-refractivity contribution is 0.101. The summed E-state index contributed by atoms with van der Waals surface area (Å²) in [7, 11) is 0. The van der Waals surface area contributed by atoms with E-state index in [2.05, 4.69) is 5.32 Å². The Kier molecular flexibility index (Phi) is 4.31. The first-order chi connectivity index (χ1) is 12.6. The molecular formula is C21H17FN2OS. The number of aromatic nitrogens is 1. The monoisotopic (exact) mass is 364 g/mol. The van der Waals surface area contributed by atoms with Gasteiger partial charge < -0.3 is 9.88 Å². The van der Waals surface area contributed by atoms with Crippen LogP contribution in [0.4, 0.5) is 10.1 Å². The molecule has 2 aromatic carbocycles. The average Bonchev–Trinajstić information content (AvgIpc) is 3.20. The third-order valence-corrected chi connectivity index (χ3v) is 5.15. The van der Waals surface area contributed by atoms with Gasteiger partial charge in [-0.25, -0.2) is 4.39 Å². The summed E-state index contributed by atoms with van der Waals surface area (Å²) in [6.45, 7) is 2.44. The predicted molar refractivity (Wildman–Crippen MR) is 104 cm³/mol. The molecule has 4 rings (SSSR count). The molecule has 0 spiro atoms. The van der Waals surface area contributed by atoms with Crippen molar-refractivity contribution in [2.45, 2.75) is 13.5 Å². The van der Waals surface area contributed by atoms with Gasteiger partial charge in [-0.05, 0) is 54.3 Å². The Morgan fingerprint density at radius 3 is 2.69 bits per heavy atom. The van der Waals surface area contributed by atoms with Crippen LogP contribution in [0.25, 0.3) is 10.2 Å². The van der Waals surface area contributed by atoms with E-state index in [1.54, 1.807) is 17.4 Å². The number of aryl methyl sites for hydroxylation is 1. The van der Waals surface area contributed by atoms with Gasteiger partial charge in [0.2, 0.25) is 0 Å². The Balaban J connectivity index is 1.69. The number of thiophene rings is 1. The number of carbonyl (C=O) groups excluding carboxylic acids is 1. The van der Waals surface area contributed by atoms with Crippen LogP contribution in [0.5, 0.6) is 0 Å². The van der Waals surface area contributed by atoms with Crippen molar-refractivity contribution in [1.82, 2.24) is 4.57 Å². The minimum Gasteiger partial charge on any atom is -0.331 e. The molecule has 2 aromatic heterocycles. The van der Waals surface area contributed by atoms with Crippen LogP contribution in [-0.2, 0) is 6.54 Å². The zero-order chi connectivity index (χ0) is 18.1.